The Labute approximate surface area is 162 Å². The molecule has 2 rings (SSSR count). The molecule has 1 atom stereocenters. The molecule has 0 radical (unpaired) electrons. The van der Waals surface area contributed by atoms with E-state index in [1.165, 1.54) is 5.56 Å². The van der Waals surface area contributed by atoms with Crippen LogP contribution in [0.1, 0.15) is 31.2 Å². The molecule has 0 aliphatic carbocycles. The lowest BCUT2D eigenvalue weighted by atomic mass is 10.0. The summed E-state index contributed by atoms with van der Waals surface area (Å²) in [5.41, 5.74) is 12.5. The van der Waals surface area contributed by atoms with Crippen LogP contribution in [0, 0.1) is 0 Å². The highest BCUT2D eigenvalue weighted by Gasteiger charge is 2.29. The van der Waals surface area contributed by atoms with Gasteiger partial charge in [-0.3, -0.25) is 4.79 Å². The smallest absolute Gasteiger partial charge is 0.312 e. The second-order valence-corrected chi connectivity index (χ2v) is 7.34. The number of nitrogens with zero attached hydrogens (tertiary/aromatic N) is 2. The number of piperidine rings is 1. The van der Waals surface area contributed by atoms with Crippen molar-refractivity contribution in [3.8, 4) is 0 Å². The lowest BCUT2D eigenvalue weighted by molar-refractivity contribution is -0.136. The molecule has 1 fully saturated rings. The van der Waals surface area contributed by atoms with Gasteiger partial charge in [-0.05, 0) is 57.8 Å². The van der Waals surface area contributed by atoms with Gasteiger partial charge in [0.1, 0.15) is 0 Å². The molecule has 0 bridgehead atoms. The van der Waals surface area contributed by atoms with E-state index in [2.05, 4.69) is 29.4 Å². The van der Waals surface area contributed by atoms with E-state index < -0.39 is 12.1 Å². The van der Waals surface area contributed by atoms with Crippen LogP contribution in [0.15, 0.2) is 30.3 Å². The number of carbonyl (C=O) groups excluding carboxylic acids is 2. The third kappa shape index (κ3) is 7.19. The summed E-state index contributed by atoms with van der Waals surface area (Å²) in [6.07, 6.45) is 3.96. The number of likely N-dealkylation sites (tertiary alicyclic amines) is 1. The van der Waals surface area contributed by atoms with E-state index in [0.29, 0.717) is 25.9 Å². The first-order valence-electron chi connectivity index (χ1n) is 9.79. The van der Waals surface area contributed by atoms with Crippen molar-refractivity contribution in [3.05, 3.63) is 35.9 Å². The van der Waals surface area contributed by atoms with E-state index in [0.717, 1.165) is 32.4 Å². The molecule has 1 saturated heterocycles. The van der Waals surface area contributed by atoms with Gasteiger partial charge < -0.3 is 26.6 Å². The van der Waals surface area contributed by atoms with Crippen molar-refractivity contribution >= 4 is 11.9 Å². The number of nitrogens with two attached hydrogens (primary N) is 2. The summed E-state index contributed by atoms with van der Waals surface area (Å²) in [6, 6.07) is 9.37. The molecule has 0 saturated carbocycles. The van der Waals surface area contributed by atoms with Crippen LogP contribution in [-0.2, 0) is 11.2 Å². The van der Waals surface area contributed by atoms with E-state index in [1.807, 2.05) is 23.1 Å². The Morgan fingerprint density at radius 1 is 1.26 bits per heavy atom. The maximum atomic E-state index is 13.0. The fourth-order valence-electron chi connectivity index (χ4n) is 3.54. The van der Waals surface area contributed by atoms with Crippen LogP contribution in [0.4, 0.5) is 4.79 Å². The Kier molecular flexibility index (Phi) is 8.54. The second kappa shape index (κ2) is 10.9. The molecule has 1 aliphatic rings. The van der Waals surface area contributed by atoms with Gasteiger partial charge in [0, 0.05) is 19.1 Å². The highest BCUT2D eigenvalue weighted by Crippen LogP contribution is 2.18. The van der Waals surface area contributed by atoms with Crippen molar-refractivity contribution in [2.24, 2.45) is 11.5 Å². The van der Waals surface area contributed by atoms with Crippen molar-refractivity contribution < 1.29 is 9.59 Å². The van der Waals surface area contributed by atoms with Gasteiger partial charge in [0.25, 0.3) is 0 Å². The summed E-state index contributed by atoms with van der Waals surface area (Å²) in [7, 11) is 2.11. The average Bonchev–Trinajstić information content (AvgIpc) is 2.67. The number of carbonyl (C=O) groups is 2. The number of urea groups is 1. The van der Waals surface area contributed by atoms with Gasteiger partial charge in [0.15, 0.2) is 0 Å². The number of hydrogen-bond donors (Lipinski definition) is 3. The van der Waals surface area contributed by atoms with Crippen LogP contribution < -0.4 is 16.8 Å². The highest BCUT2D eigenvalue weighted by atomic mass is 16.2. The molecule has 1 aliphatic heterocycles. The normalized spacial score (nSPS) is 16.7. The number of benzene rings is 1. The molecular weight excluding hydrogens is 342 g/mol. The molecule has 1 heterocycles. The van der Waals surface area contributed by atoms with E-state index in [4.69, 9.17) is 11.5 Å². The topological polar surface area (TPSA) is 105 Å². The fourth-order valence-corrected chi connectivity index (χ4v) is 3.54. The van der Waals surface area contributed by atoms with Crippen molar-refractivity contribution in [1.29, 1.82) is 0 Å². The van der Waals surface area contributed by atoms with Crippen LogP contribution in [0.2, 0.25) is 0 Å². The standard InChI is InChI=1S/C20H33N5O2/c1-24-13-10-17(11-14-24)25(15-9-16-6-3-2-4-7-16)19(26)18(21)8-5-12-23-20(22)27/h2-4,6-7,17-18H,5,8-15,21H2,1H3,(H3,22,23,27)/t18-/m0/s1. The van der Waals surface area contributed by atoms with E-state index in [-0.39, 0.29) is 11.9 Å². The zero-order valence-corrected chi connectivity index (χ0v) is 16.3. The quantitative estimate of drug-likeness (QED) is 0.558. The Morgan fingerprint density at radius 3 is 2.56 bits per heavy atom. The molecule has 27 heavy (non-hydrogen) atoms. The predicted molar refractivity (Wildman–Crippen MR) is 107 cm³/mol. The Bertz CT molecular complexity index is 587. The van der Waals surface area contributed by atoms with Crippen LogP contribution in [-0.4, -0.2) is 67.0 Å². The van der Waals surface area contributed by atoms with Gasteiger partial charge in [-0.2, -0.15) is 0 Å². The summed E-state index contributed by atoms with van der Waals surface area (Å²) in [5, 5.41) is 2.54. The van der Waals surface area contributed by atoms with Gasteiger partial charge in [0.05, 0.1) is 6.04 Å². The number of nitrogens with one attached hydrogen (secondary N) is 1. The first-order valence-corrected chi connectivity index (χ1v) is 9.79. The molecule has 1 aromatic carbocycles. The largest absolute Gasteiger partial charge is 0.352 e. The Balaban J connectivity index is 1.94. The van der Waals surface area contributed by atoms with Crippen LogP contribution >= 0.6 is 0 Å². The van der Waals surface area contributed by atoms with Crippen molar-refractivity contribution in [1.82, 2.24) is 15.1 Å². The van der Waals surface area contributed by atoms with Gasteiger partial charge in [-0.1, -0.05) is 30.3 Å². The SMILES string of the molecule is CN1CCC(N(CCc2ccccc2)C(=O)[C@@H](N)CCCNC(N)=O)CC1. The number of hydrogen-bond acceptors (Lipinski definition) is 4. The summed E-state index contributed by atoms with van der Waals surface area (Å²) >= 11 is 0. The molecule has 7 nitrogen and oxygen atoms in total. The maximum Gasteiger partial charge on any atom is 0.312 e. The molecule has 150 valence electrons. The number of rotatable bonds is 9. The van der Waals surface area contributed by atoms with Gasteiger partial charge >= 0.3 is 6.03 Å². The molecule has 0 spiro atoms. The van der Waals surface area contributed by atoms with Crippen LogP contribution in [0.25, 0.3) is 0 Å². The first-order chi connectivity index (χ1) is 13.0. The molecule has 7 heteroatoms. The minimum atomic E-state index is -0.550. The number of primary amides is 1. The van der Waals surface area contributed by atoms with E-state index in [1.54, 1.807) is 0 Å². The molecule has 1 aromatic rings. The summed E-state index contributed by atoms with van der Waals surface area (Å²) in [5.74, 6) is 0.0135. The molecule has 3 amide bonds. The van der Waals surface area contributed by atoms with Gasteiger partial charge in [-0.25, -0.2) is 4.79 Å². The fraction of sp³-hybridized carbons (Fsp3) is 0.600. The predicted octanol–water partition coefficient (Wildman–Crippen LogP) is 0.928. The minimum absolute atomic E-state index is 0.0135. The Hall–Kier alpha value is -2.12. The zero-order chi connectivity index (χ0) is 19.6. The molecular formula is C20H33N5O2. The third-order valence-electron chi connectivity index (χ3n) is 5.20. The van der Waals surface area contributed by atoms with E-state index >= 15 is 0 Å². The van der Waals surface area contributed by atoms with Crippen LogP contribution in [0.5, 0.6) is 0 Å². The maximum absolute atomic E-state index is 13.0. The monoisotopic (exact) mass is 375 g/mol. The lowest BCUT2D eigenvalue weighted by Crippen LogP contribution is -2.52. The highest BCUT2D eigenvalue weighted by molar-refractivity contribution is 5.82. The molecule has 5 N–H and O–H groups in total. The summed E-state index contributed by atoms with van der Waals surface area (Å²) in [6.45, 7) is 3.12. The summed E-state index contributed by atoms with van der Waals surface area (Å²) in [4.78, 5) is 28.1. The first kappa shape index (κ1) is 21.2. The minimum Gasteiger partial charge on any atom is -0.352 e. The lowest BCUT2D eigenvalue weighted by Gasteiger charge is -2.38. The van der Waals surface area contributed by atoms with E-state index in [9.17, 15) is 9.59 Å². The van der Waals surface area contributed by atoms with Crippen LogP contribution in [0.3, 0.4) is 0 Å². The number of amides is 3. The van der Waals surface area contributed by atoms with Crippen molar-refractivity contribution in [3.63, 3.8) is 0 Å². The van der Waals surface area contributed by atoms with Crippen molar-refractivity contribution in [2.45, 2.75) is 44.2 Å². The Morgan fingerprint density at radius 2 is 1.93 bits per heavy atom. The summed E-state index contributed by atoms with van der Waals surface area (Å²) < 4.78 is 0. The zero-order valence-electron chi connectivity index (χ0n) is 16.3. The molecule has 0 aromatic heterocycles. The average molecular weight is 376 g/mol. The van der Waals surface area contributed by atoms with Gasteiger partial charge in [0.2, 0.25) is 5.91 Å². The molecule has 0 unspecified atom stereocenters. The van der Waals surface area contributed by atoms with Crippen molar-refractivity contribution in [2.75, 3.05) is 33.2 Å². The third-order valence-corrected chi connectivity index (χ3v) is 5.20. The van der Waals surface area contributed by atoms with Gasteiger partial charge in [-0.15, -0.1) is 0 Å². The second-order valence-electron chi connectivity index (χ2n) is 7.34.